The first-order chi connectivity index (χ1) is 9.44. The van der Waals surface area contributed by atoms with Crippen molar-refractivity contribution in [1.29, 1.82) is 0 Å². The quantitative estimate of drug-likeness (QED) is 0.864. The molecule has 114 valence electrons. The lowest BCUT2D eigenvalue weighted by Crippen LogP contribution is -2.39. The minimum atomic E-state index is -0.385. The molecule has 3 fully saturated rings. The number of piperidine rings is 1. The number of ether oxygens (including phenoxy) is 1. The summed E-state index contributed by atoms with van der Waals surface area (Å²) in [6.45, 7) is 8.71. The molecule has 0 aromatic carbocycles. The van der Waals surface area contributed by atoms with Gasteiger partial charge >= 0.3 is 6.09 Å². The van der Waals surface area contributed by atoms with Gasteiger partial charge in [0.1, 0.15) is 5.60 Å². The van der Waals surface area contributed by atoms with Crippen molar-refractivity contribution in [2.75, 3.05) is 19.6 Å². The molecule has 1 N–H and O–H groups in total. The summed E-state index contributed by atoms with van der Waals surface area (Å²) in [5.74, 6) is 2.24. The monoisotopic (exact) mass is 280 g/mol. The van der Waals surface area contributed by atoms with E-state index in [2.05, 4.69) is 5.32 Å². The minimum Gasteiger partial charge on any atom is -0.444 e. The zero-order valence-corrected chi connectivity index (χ0v) is 13.0. The van der Waals surface area contributed by atoms with Gasteiger partial charge in [0.25, 0.3) is 0 Å². The Bertz CT molecular complexity index is 359. The number of amides is 1. The number of hydrogen-bond donors (Lipinski definition) is 1. The van der Waals surface area contributed by atoms with Crippen LogP contribution in [0, 0.1) is 17.8 Å². The van der Waals surface area contributed by atoms with Crippen LogP contribution in [-0.2, 0) is 4.74 Å². The molecule has 1 heterocycles. The van der Waals surface area contributed by atoms with E-state index in [0.717, 1.165) is 19.0 Å². The van der Waals surface area contributed by atoms with Crippen LogP contribution in [0.25, 0.3) is 0 Å². The van der Waals surface area contributed by atoms with E-state index in [1.807, 2.05) is 25.7 Å². The van der Waals surface area contributed by atoms with Crippen molar-refractivity contribution in [1.82, 2.24) is 10.2 Å². The molecular formula is C16H28N2O2. The van der Waals surface area contributed by atoms with Crippen molar-refractivity contribution in [3.05, 3.63) is 0 Å². The number of likely N-dealkylation sites (tertiary alicyclic amines) is 1. The molecule has 1 amide bonds. The van der Waals surface area contributed by atoms with E-state index >= 15 is 0 Å². The summed E-state index contributed by atoms with van der Waals surface area (Å²) in [6.07, 6.45) is 5.49. The van der Waals surface area contributed by atoms with Crippen LogP contribution in [0.15, 0.2) is 0 Å². The molecule has 2 saturated carbocycles. The highest BCUT2D eigenvalue weighted by Crippen LogP contribution is 2.46. The lowest BCUT2D eigenvalue weighted by molar-refractivity contribution is 0.0269. The zero-order chi connectivity index (χ0) is 14.3. The van der Waals surface area contributed by atoms with Crippen molar-refractivity contribution >= 4 is 6.09 Å². The summed E-state index contributed by atoms with van der Waals surface area (Å²) >= 11 is 0. The minimum absolute atomic E-state index is 0.140. The van der Waals surface area contributed by atoms with E-state index in [1.54, 1.807) is 0 Å². The Hall–Kier alpha value is -0.770. The van der Waals surface area contributed by atoms with Crippen LogP contribution < -0.4 is 5.32 Å². The lowest BCUT2D eigenvalue weighted by Gasteiger charge is -2.26. The molecule has 3 aliphatic rings. The molecule has 0 aromatic heterocycles. The van der Waals surface area contributed by atoms with Gasteiger partial charge in [0.15, 0.2) is 0 Å². The fourth-order valence-corrected chi connectivity index (χ4v) is 3.82. The molecule has 1 aliphatic heterocycles. The molecule has 4 nitrogen and oxygen atoms in total. The normalized spacial score (nSPS) is 33.4. The van der Waals surface area contributed by atoms with Crippen LogP contribution in [0.1, 0.15) is 46.5 Å². The molecule has 0 aromatic rings. The summed E-state index contributed by atoms with van der Waals surface area (Å²) < 4.78 is 5.43. The number of hydrogen-bond acceptors (Lipinski definition) is 3. The van der Waals surface area contributed by atoms with Crippen molar-refractivity contribution < 1.29 is 9.53 Å². The van der Waals surface area contributed by atoms with Crippen molar-refractivity contribution in [2.45, 2.75) is 58.1 Å². The van der Waals surface area contributed by atoms with Gasteiger partial charge in [0.05, 0.1) is 0 Å². The van der Waals surface area contributed by atoms with Crippen molar-refractivity contribution in [3.8, 4) is 0 Å². The number of fused-ring (bicyclic) bond motifs is 1. The standard InChI is InChI=1S/C16H28N2O2/c1-16(2,3)20-15(19)18-9-12-13(10-18)14(12)17-8-11-6-4-5-7-11/h11-14,17H,4-10H2,1-3H3. The third-order valence-electron chi connectivity index (χ3n) is 4.96. The Morgan fingerprint density at radius 3 is 2.35 bits per heavy atom. The molecule has 4 heteroatoms. The van der Waals surface area contributed by atoms with Crippen LogP contribution in [-0.4, -0.2) is 42.3 Å². The number of carbonyl (C=O) groups is 1. The number of nitrogens with zero attached hydrogens (tertiary/aromatic N) is 1. The third-order valence-corrected chi connectivity index (χ3v) is 4.96. The molecule has 3 rings (SSSR count). The summed E-state index contributed by atoms with van der Waals surface area (Å²) in [7, 11) is 0. The van der Waals surface area contributed by atoms with Gasteiger partial charge in [0.2, 0.25) is 0 Å². The second-order valence-electron chi connectivity index (χ2n) is 7.80. The Morgan fingerprint density at radius 2 is 1.80 bits per heavy atom. The van der Waals surface area contributed by atoms with Crippen LogP contribution in [0.2, 0.25) is 0 Å². The number of nitrogens with one attached hydrogen (secondary N) is 1. The van der Waals surface area contributed by atoms with E-state index in [-0.39, 0.29) is 11.7 Å². The Kier molecular flexibility index (Phi) is 3.69. The number of rotatable bonds is 3. The predicted molar refractivity (Wildman–Crippen MR) is 78.5 cm³/mol. The van der Waals surface area contributed by atoms with E-state index in [0.29, 0.717) is 17.9 Å². The topological polar surface area (TPSA) is 41.6 Å². The first-order valence-corrected chi connectivity index (χ1v) is 8.15. The van der Waals surface area contributed by atoms with Crippen LogP contribution in [0.3, 0.4) is 0 Å². The zero-order valence-electron chi connectivity index (χ0n) is 13.0. The van der Waals surface area contributed by atoms with E-state index in [9.17, 15) is 4.79 Å². The highest BCUT2D eigenvalue weighted by Gasteiger charge is 2.57. The Balaban J connectivity index is 1.38. The van der Waals surface area contributed by atoms with Crippen LogP contribution >= 0.6 is 0 Å². The third kappa shape index (κ3) is 3.11. The molecular weight excluding hydrogens is 252 g/mol. The van der Waals surface area contributed by atoms with Gasteiger partial charge < -0.3 is 15.0 Å². The first-order valence-electron chi connectivity index (χ1n) is 8.15. The average Bonchev–Trinajstić information content (AvgIpc) is 2.78. The van der Waals surface area contributed by atoms with E-state index in [4.69, 9.17) is 4.74 Å². The highest BCUT2D eigenvalue weighted by molar-refractivity contribution is 5.69. The molecule has 2 aliphatic carbocycles. The van der Waals surface area contributed by atoms with Crippen molar-refractivity contribution in [2.24, 2.45) is 17.8 Å². The predicted octanol–water partition coefficient (Wildman–Crippen LogP) is 2.63. The van der Waals surface area contributed by atoms with Gasteiger partial charge in [-0.05, 0) is 57.9 Å². The molecule has 2 unspecified atom stereocenters. The molecule has 2 atom stereocenters. The fraction of sp³-hybridized carbons (Fsp3) is 0.938. The molecule has 1 saturated heterocycles. The summed E-state index contributed by atoms with van der Waals surface area (Å²) in [6, 6.07) is 0.661. The second-order valence-corrected chi connectivity index (χ2v) is 7.80. The smallest absolute Gasteiger partial charge is 0.410 e. The van der Waals surface area contributed by atoms with Gasteiger partial charge in [-0.1, -0.05) is 12.8 Å². The van der Waals surface area contributed by atoms with Crippen LogP contribution in [0.5, 0.6) is 0 Å². The molecule has 0 spiro atoms. The van der Waals surface area contributed by atoms with E-state index in [1.165, 1.54) is 32.2 Å². The average molecular weight is 280 g/mol. The largest absolute Gasteiger partial charge is 0.444 e. The van der Waals surface area contributed by atoms with Crippen molar-refractivity contribution in [3.63, 3.8) is 0 Å². The van der Waals surface area contributed by atoms with Gasteiger partial charge in [-0.15, -0.1) is 0 Å². The second kappa shape index (κ2) is 5.21. The summed E-state index contributed by atoms with van der Waals surface area (Å²) in [4.78, 5) is 13.9. The SMILES string of the molecule is CC(C)(C)OC(=O)N1CC2C(C1)C2NCC1CCCC1. The van der Waals surface area contributed by atoms with Gasteiger partial charge in [-0.3, -0.25) is 0 Å². The van der Waals surface area contributed by atoms with E-state index < -0.39 is 0 Å². The molecule has 0 bridgehead atoms. The van der Waals surface area contributed by atoms with Gasteiger partial charge in [0, 0.05) is 19.1 Å². The maximum Gasteiger partial charge on any atom is 0.410 e. The highest BCUT2D eigenvalue weighted by atomic mass is 16.6. The molecule has 20 heavy (non-hydrogen) atoms. The maximum atomic E-state index is 12.0. The summed E-state index contributed by atoms with van der Waals surface area (Å²) in [5, 5.41) is 3.73. The Morgan fingerprint density at radius 1 is 1.20 bits per heavy atom. The summed E-state index contributed by atoms with van der Waals surface area (Å²) in [5.41, 5.74) is -0.385. The Labute approximate surface area is 122 Å². The van der Waals surface area contributed by atoms with Crippen LogP contribution in [0.4, 0.5) is 4.79 Å². The van der Waals surface area contributed by atoms with Gasteiger partial charge in [-0.25, -0.2) is 4.79 Å². The number of carbonyl (C=O) groups excluding carboxylic acids is 1. The molecule has 0 radical (unpaired) electrons. The first kappa shape index (κ1) is 14.2. The fourth-order valence-electron chi connectivity index (χ4n) is 3.82. The maximum absolute atomic E-state index is 12.0. The lowest BCUT2D eigenvalue weighted by atomic mass is 10.1. The van der Waals surface area contributed by atoms with Gasteiger partial charge in [-0.2, -0.15) is 0 Å².